The number of imidazole rings is 1. The molecule has 4 heteroatoms. The molecule has 19 heavy (non-hydrogen) atoms. The monoisotopic (exact) mass is 272 g/mol. The Labute approximate surface area is 120 Å². The molecule has 0 unspecified atom stereocenters. The van der Waals surface area contributed by atoms with Crippen molar-refractivity contribution in [2.75, 3.05) is 6.54 Å². The lowest BCUT2D eigenvalue weighted by Crippen LogP contribution is -2.05. The van der Waals surface area contributed by atoms with Gasteiger partial charge in [-0.15, -0.1) is 0 Å². The van der Waals surface area contributed by atoms with Crippen molar-refractivity contribution in [3.63, 3.8) is 0 Å². The minimum atomic E-state index is 0.682. The van der Waals surface area contributed by atoms with Crippen molar-refractivity contribution in [2.45, 2.75) is 68.7 Å². The molecule has 0 aliphatic rings. The number of aromatic nitrogens is 2. The van der Waals surface area contributed by atoms with Crippen molar-refractivity contribution in [3.05, 3.63) is 18.2 Å². The van der Waals surface area contributed by atoms with Gasteiger partial charge in [0.05, 0.1) is 12.2 Å². The van der Waals surface area contributed by atoms with Gasteiger partial charge in [-0.05, 0) is 20.3 Å². The number of aliphatic imine (C=N–C) groups is 1. The van der Waals surface area contributed by atoms with Crippen molar-refractivity contribution in [1.29, 1.82) is 0 Å². The third-order valence-electron chi connectivity index (χ3n) is 1.22. The van der Waals surface area contributed by atoms with E-state index in [-0.39, 0.29) is 0 Å². The number of nitrogens with zero attached hydrogens (tertiary/aromatic N) is 2. The van der Waals surface area contributed by atoms with E-state index in [1.807, 2.05) is 48.5 Å². The summed E-state index contributed by atoms with van der Waals surface area (Å²) in [6, 6.07) is 0. The van der Waals surface area contributed by atoms with E-state index in [4.69, 9.17) is 5.73 Å². The number of aromatic amines is 1. The van der Waals surface area contributed by atoms with Crippen LogP contribution in [-0.4, -0.2) is 22.3 Å². The van der Waals surface area contributed by atoms with Crippen LogP contribution >= 0.6 is 0 Å². The summed E-state index contributed by atoms with van der Waals surface area (Å²) >= 11 is 0. The third-order valence-corrected chi connectivity index (χ3v) is 1.22. The van der Waals surface area contributed by atoms with Crippen molar-refractivity contribution in [1.82, 2.24) is 9.97 Å². The molecule has 116 valence electrons. The second-order valence-corrected chi connectivity index (χ2v) is 2.76. The van der Waals surface area contributed by atoms with Crippen molar-refractivity contribution >= 4 is 5.84 Å². The minimum absolute atomic E-state index is 0.682. The zero-order valence-corrected chi connectivity index (χ0v) is 14.5. The molecule has 1 aromatic heterocycles. The second-order valence-electron chi connectivity index (χ2n) is 2.76. The summed E-state index contributed by atoms with van der Waals surface area (Å²) in [7, 11) is 0. The maximum absolute atomic E-state index is 5.23. The SMILES string of the molecule is CC.CC.CC.CCCN=C(C)N.Cc1cnc[nH]1. The van der Waals surface area contributed by atoms with E-state index in [0.717, 1.165) is 18.7 Å². The van der Waals surface area contributed by atoms with Gasteiger partial charge in [0.2, 0.25) is 0 Å². The lowest BCUT2D eigenvalue weighted by atomic mass is 10.5. The number of nitrogens with two attached hydrogens (primary N) is 1. The molecule has 0 amide bonds. The summed E-state index contributed by atoms with van der Waals surface area (Å²) in [6.07, 6.45) is 4.52. The Balaban J connectivity index is -0.0000000854. The van der Waals surface area contributed by atoms with Crippen LogP contribution in [0.4, 0.5) is 0 Å². The molecule has 1 aromatic rings. The highest BCUT2D eigenvalue weighted by Gasteiger charge is 1.74. The highest BCUT2D eigenvalue weighted by atomic mass is 14.8. The van der Waals surface area contributed by atoms with Gasteiger partial charge < -0.3 is 10.7 Å². The summed E-state index contributed by atoms with van der Waals surface area (Å²) < 4.78 is 0. The summed E-state index contributed by atoms with van der Waals surface area (Å²) in [5.74, 6) is 0.682. The van der Waals surface area contributed by atoms with Gasteiger partial charge >= 0.3 is 0 Å². The van der Waals surface area contributed by atoms with Gasteiger partial charge in [-0.1, -0.05) is 48.5 Å². The first-order chi connectivity index (χ1) is 9.16. The lowest BCUT2D eigenvalue weighted by Gasteiger charge is -1.86. The van der Waals surface area contributed by atoms with Crippen LogP contribution in [0.15, 0.2) is 17.5 Å². The van der Waals surface area contributed by atoms with E-state index in [9.17, 15) is 0 Å². The molecule has 0 fully saturated rings. The van der Waals surface area contributed by atoms with Gasteiger partial charge in [-0.25, -0.2) is 4.98 Å². The predicted octanol–water partition coefficient (Wildman–Crippen LogP) is 4.57. The molecular formula is C15H36N4. The van der Waals surface area contributed by atoms with Gasteiger partial charge in [-0.2, -0.15) is 0 Å². The number of hydrogen-bond donors (Lipinski definition) is 2. The molecular weight excluding hydrogens is 236 g/mol. The summed E-state index contributed by atoms with van der Waals surface area (Å²) in [4.78, 5) is 10.6. The normalized spacial score (nSPS) is 8.16. The van der Waals surface area contributed by atoms with Gasteiger partial charge in [0.15, 0.2) is 0 Å². The van der Waals surface area contributed by atoms with E-state index >= 15 is 0 Å². The van der Waals surface area contributed by atoms with Crippen molar-refractivity contribution in [2.24, 2.45) is 10.7 Å². The molecule has 1 rings (SSSR count). The zero-order chi connectivity index (χ0) is 16.1. The average Bonchev–Trinajstić information content (AvgIpc) is 2.95. The van der Waals surface area contributed by atoms with Crippen LogP contribution in [0.25, 0.3) is 0 Å². The van der Waals surface area contributed by atoms with Crippen LogP contribution < -0.4 is 5.73 Å². The second kappa shape index (κ2) is 30.1. The van der Waals surface area contributed by atoms with Gasteiger partial charge in [0.1, 0.15) is 0 Å². The number of H-pyrrole nitrogens is 1. The first-order valence-electron chi connectivity index (χ1n) is 7.38. The summed E-state index contributed by atoms with van der Waals surface area (Å²) in [5, 5.41) is 0. The Morgan fingerprint density at radius 1 is 1.21 bits per heavy atom. The number of nitrogens with one attached hydrogen (secondary N) is 1. The van der Waals surface area contributed by atoms with E-state index in [0.29, 0.717) is 5.84 Å². The Morgan fingerprint density at radius 3 is 1.79 bits per heavy atom. The molecule has 0 spiro atoms. The fourth-order valence-electron chi connectivity index (χ4n) is 0.614. The number of hydrogen-bond acceptors (Lipinski definition) is 2. The quantitative estimate of drug-likeness (QED) is 0.611. The molecule has 0 aliphatic heterocycles. The standard InChI is InChI=1S/C5H12N2.C4H6N2.3C2H6/c1-3-4-7-5(2)6;1-4-2-5-3-6-4;3*1-2/h3-4H2,1-2H3,(H2,6,7);2-3H,1H3,(H,5,6);3*1-2H3. The smallest absolute Gasteiger partial charge is 0.0921 e. The molecule has 3 N–H and O–H groups in total. The van der Waals surface area contributed by atoms with Gasteiger partial charge in [0.25, 0.3) is 0 Å². The predicted molar refractivity (Wildman–Crippen MR) is 89.8 cm³/mol. The fraction of sp³-hybridized carbons (Fsp3) is 0.733. The number of aryl methyl sites for hydroxylation is 1. The summed E-state index contributed by atoms with van der Waals surface area (Å²) in [6.45, 7) is 18.7. The first kappa shape index (κ1) is 26.3. The largest absolute Gasteiger partial charge is 0.388 e. The van der Waals surface area contributed by atoms with Crippen LogP contribution in [-0.2, 0) is 0 Å². The van der Waals surface area contributed by atoms with E-state index < -0.39 is 0 Å². The van der Waals surface area contributed by atoms with Crippen LogP contribution in [0.5, 0.6) is 0 Å². The molecule has 0 saturated carbocycles. The van der Waals surface area contributed by atoms with Crippen molar-refractivity contribution in [3.8, 4) is 0 Å². The van der Waals surface area contributed by atoms with Crippen LogP contribution in [0.2, 0.25) is 0 Å². The van der Waals surface area contributed by atoms with Crippen LogP contribution in [0.1, 0.15) is 67.5 Å². The molecule has 0 bridgehead atoms. The van der Waals surface area contributed by atoms with E-state index in [2.05, 4.69) is 21.9 Å². The Bertz CT molecular complexity index is 224. The molecule has 0 saturated heterocycles. The average molecular weight is 272 g/mol. The topological polar surface area (TPSA) is 67.1 Å². The van der Waals surface area contributed by atoms with Gasteiger partial charge in [-0.3, -0.25) is 4.99 Å². The molecule has 0 atom stereocenters. The third kappa shape index (κ3) is 38.4. The number of rotatable bonds is 2. The highest BCUT2D eigenvalue weighted by Crippen LogP contribution is 1.81. The number of amidine groups is 1. The molecule has 0 radical (unpaired) electrons. The Kier molecular flexibility index (Phi) is 41.6. The van der Waals surface area contributed by atoms with Crippen LogP contribution in [0, 0.1) is 6.92 Å². The molecule has 0 aromatic carbocycles. The minimum Gasteiger partial charge on any atom is -0.388 e. The maximum Gasteiger partial charge on any atom is 0.0921 e. The van der Waals surface area contributed by atoms with Gasteiger partial charge in [0, 0.05) is 18.4 Å². The maximum atomic E-state index is 5.23. The Morgan fingerprint density at radius 2 is 1.68 bits per heavy atom. The first-order valence-corrected chi connectivity index (χ1v) is 7.38. The van der Waals surface area contributed by atoms with E-state index in [1.54, 1.807) is 19.4 Å². The van der Waals surface area contributed by atoms with Crippen LogP contribution in [0.3, 0.4) is 0 Å². The lowest BCUT2D eigenvalue weighted by molar-refractivity contribution is 0.929. The zero-order valence-electron chi connectivity index (χ0n) is 14.5. The highest BCUT2D eigenvalue weighted by molar-refractivity contribution is 5.77. The fourth-order valence-corrected chi connectivity index (χ4v) is 0.614. The Hall–Kier alpha value is -1.32. The molecule has 0 aliphatic carbocycles. The summed E-state index contributed by atoms with van der Waals surface area (Å²) in [5.41, 5.74) is 6.33. The molecule has 1 heterocycles. The van der Waals surface area contributed by atoms with E-state index in [1.165, 1.54) is 0 Å². The van der Waals surface area contributed by atoms with Crippen molar-refractivity contribution < 1.29 is 0 Å². The molecule has 4 nitrogen and oxygen atoms in total.